The molecule has 0 saturated heterocycles. The van der Waals surface area contributed by atoms with Crippen molar-refractivity contribution in [2.24, 2.45) is 0 Å². The van der Waals surface area contributed by atoms with Gasteiger partial charge >= 0.3 is 0 Å². The number of para-hydroxylation sites is 3. The van der Waals surface area contributed by atoms with Crippen molar-refractivity contribution >= 4 is 44.7 Å². The highest BCUT2D eigenvalue weighted by Crippen LogP contribution is 2.31. The quantitative estimate of drug-likeness (QED) is 0.307. The van der Waals surface area contributed by atoms with Crippen LogP contribution < -0.4 is 0 Å². The zero-order valence-corrected chi connectivity index (χ0v) is 17.3. The van der Waals surface area contributed by atoms with Gasteiger partial charge in [0.15, 0.2) is 5.76 Å². The molecule has 3 aromatic heterocycles. The molecule has 0 aliphatic heterocycles. The SMILES string of the molecule is C(=Cc1cn(-c2ccccc2)nc1-c1cc2ccccc2o1)c1nc2ccccc2s1. The van der Waals surface area contributed by atoms with Crippen LogP contribution in [0.3, 0.4) is 0 Å². The molecule has 6 rings (SSSR count). The fraction of sp³-hybridized carbons (Fsp3) is 0. The molecule has 0 atom stereocenters. The molecular weight excluding hydrogens is 402 g/mol. The maximum absolute atomic E-state index is 6.12. The molecule has 0 radical (unpaired) electrons. The third-order valence-corrected chi connectivity index (χ3v) is 6.14. The molecule has 0 saturated carbocycles. The fourth-order valence-electron chi connectivity index (χ4n) is 3.63. The summed E-state index contributed by atoms with van der Waals surface area (Å²) in [6.07, 6.45) is 6.14. The highest BCUT2D eigenvalue weighted by atomic mass is 32.1. The van der Waals surface area contributed by atoms with E-state index >= 15 is 0 Å². The van der Waals surface area contributed by atoms with E-state index in [-0.39, 0.29) is 0 Å². The van der Waals surface area contributed by atoms with Crippen LogP contribution in [0.4, 0.5) is 0 Å². The molecule has 3 aromatic carbocycles. The second kappa shape index (κ2) is 7.38. The summed E-state index contributed by atoms with van der Waals surface area (Å²) < 4.78 is 9.19. The molecule has 0 fully saturated rings. The number of benzene rings is 3. The zero-order chi connectivity index (χ0) is 20.6. The maximum atomic E-state index is 6.12. The van der Waals surface area contributed by atoms with E-state index in [1.54, 1.807) is 11.3 Å². The summed E-state index contributed by atoms with van der Waals surface area (Å²) in [7, 11) is 0. The van der Waals surface area contributed by atoms with Gasteiger partial charge in [0.2, 0.25) is 0 Å². The van der Waals surface area contributed by atoms with Crippen LogP contribution >= 0.6 is 11.3 Å². The number of fused-ring (bicyclic) bond motifs is 2. The van der Waals surface area contributed by atoms with E-state index in [1.807, 2.05) is 95.8 Å². The van der Waals surface area contributed by atoms with Gasteiger partial charge in [0.25, 0.3) is 0 Å². The number of hydrogen-bond donors (Lipinski definition) is 0. The molecule has 148 valence electrons. The van der Waals surface area contributed by atoms with Crippen molar-refractivity contribution in [1.82, 2.24) is 14.8 Å². The van der Waals surface area contributed by atoms with Gasteiger partial charge < -0.3 is 4.42 Å². The summed E-state index contributed by atoms with van der Waals surface area (Å²) in [6, 6.07) is 28.3. The minimum atomic E-state index is 0.750. The Kier molecular flexibility index (Phi) is 4.25. The Hall–Kier alpha value is -3.96. The lowest BCUT2D eigenvalue weighted by Gasteiger charge is -1.98. The third-order valence-electron chi connectivity index (χ3n) is 5.14. The van der Waals surface area contributed by atoms with Crippen LogP contribution in [0.5, 0.6) is 0 Å². The second-order valence-electron chi connectivity index (χ2n) is 7.21. The van der Waals surface area contributed by atoms with Crippen LogP contribution in [0.25, 0.3) is 50.5 Å². The Labute approximate surface area is 182 Å². The molecule has 0 unspecified atom stereocenters. The lowest BCUT2D eigenvalue weighted by atomic mass is 10.2. The Morgan fingerprint density at radius 1 is 0.839 bits per heavy atom. The average molecular weight is 420 g/mol. The Morgan fingerprint density at radius 3 is 2.52 bits per heavy atom. The van der Waals surface area contributed by atoms with Crippen molar-refractivity contribution in [2.75, 3.05) is 0 Å². The van der Waals surface area contributed by atoms with Gasteiger partial charge in [-0.15, -0.1) is 11.3 Å². The first-order chi connectivity index (χ1) is 15.3. The van der Waals surface area contributed by atoms with E-state index in [1.165, 1.54) is 4.70 Å². The Morgan fingerprint density at radius 2 is 1.65 bits per heavy atom. The number of hydrogen-bond acceptors (Lipinski definition) is 4. The normalized spacial score (nSPS) is 11.7. The van der Waals surface area contributed by atoms with E-state index in [4.69, 9.17) is 14.5 Å². The van der Waals surface area contributed by atoms with Gasteiger partial charge in [0, 0.05) is 17.1 Å². The average Bonchev–Trinajstić information content (AvgIpc) is 3.53. The van der Waals surface area contributed by atoms with Crippen molar-refractivity contribution in [3.8, 4) is 17.1 Å². The smallest absolute Gasteiger partial charge is 0.156 e. The van der Waals surface area contributed by atoms with E-state index in [0.717, 1.165) is 44.2 Å². The molecule has 0 aliphatic rings. The molecule has 0 bridgehead atoms. The molecule has 0 N–H and O–H groups in total. The van der Waals surface area contributed by atoms with Gasteiger partial charge in [-0.2, -0.15) is 5.10 Å². The maximum Gasteiger partial charge on any atom is 0.156 e. The van der Waals surface area contributed by atoms with Gasteiger partial charge in [0.1, 0.15) is 16.3 Å². The zero-order valence-electron chi connectivity index (χ0n) is 16.5. The second-order valence-corrected chi connectivity index (χ2v) is 8.28. The lowest BCUT2D eigenvalue weighted by Crippen LogP contribution is -1.93. The van der Waals surface area contributed by atoms with Gasteiger partial charge in [-0.05, 0) is 48.6 Å². The molecule has 4 nitrogen and oxygen atoms in total. The number of thiazole rings is 1. The molecule has 0 aliphatic carbocycles. The number of aromatic nitrogens is 3. The first-order valence-corrected chi connectivity index (χ1v) is 10.8. The first-order valence-electron chi connectivity index (χ1n) is 10.0. The standard InChI is InChI=1S/C26H17N3OS/c1-2-9-20(10-3-1)29-17-19(14-15-25-27-21-11-5-7-13-24(21)31-25)26(28-29)23-16-18-8-4-6-12-22(18)30-23/h1-17H. The van der Waals surface area contributed by atoms with Crippen LogP contribution in [0.2, 0.25) is 0 Å². The molecular formula is C26H17N3OS. The fourth-order valence-corrected chi connectivity index (χ4v) is 4.50. The molecule has 5 heteroatoms. The molecule has 3 heterocycles. The van der Waals surface area contributed by atoms with Crippen molar-refractivity contribution in [3.05, 3.63) is 102 Å². The van der Waals surface area contributed by atoms with E-state index in [9.17, 15) is 0 Å². The van der Waals surface area contributed by atoms with Gasteiger partial charge in [0.05, 0.1) is 15.9 Å². The first kappa shape index (κ1) is 17.9. The highest BCUT2D eigenvalue weighted by Gasteiger charge is 2.15. The van der Waals surface area contributed by atoms with Crippen molar-refractivity contribution < 1.29 is 4.42 Å². The van der Waals surface area contributed by atoms with Gasteiger partial charge in [-0.3, -0.25) is 0 Å². The van der Waals surface area contributed by atoms with Crippen molar-refractivity contribution in [2.45, 2.75) is 0 Å². The number of nitrogens with zero attached hydrogens (tertiary/aromatic N) is 3. The topological polar surface area (TPSA) is 43.9 Å². The van der Waals surface area contributed by atoms with Crippen molar-refractivity contribution in [1.29, 1.82) is 0 Å². The summed E-state index contributed by atoms with van der Waals surface area (Å²) in [5.41, 5.74) is 4.65. The van der Waals surface area contributed by atoms with Crippen LogP contribution in [-0.4, -0.2) is 14.8 Å². The van der Waals surface area contributed by atoms with E-state index in [0.29, 0.717) is 0 Å². The lowest BCUT2D eigenvalue weighted by molar-refractivity contribution is 0.627. The summed E-state index contributed by atoms with van der Waals surface area (Å²) in [5, 5.41) is 6.88. The predicted molar refractivity (Wildman–Crippen MR) is 127 cm³/mol. The highest BCUT2D eigenvalue weighted by molar-refractivity contribution is 7.19. The van der Waals surface area contributed by atoms with E-state index in [2.05, 4.69) is 12.1 Å². The van der Waals surface area contributed by atoms with Crippen LogP contribution in [-0.2, 0) is 0 Å². The molecule has 0 amide bonds. The molecule has 0 spiro atoms. The largest absolute Gasteiger partial charge is 0.454 e. The van der Waals surface area contributed by atoms with E-state index < -0.39 is 0 Å². The van der Waals surface area contributed by atoms with Gasteiger partial charge in [-0.1, -0.05) is 48.5 Å². The summed E-state index contributed by atoms with van der Waals surface area (Å²) in [6.45, 7) is 0. The van der Waals surface area contributed by atoms with Crippen LogP contribution in [0.15, 0.2) is 95.5 Å². The van der Waals surface area contributed by atoms with Gasteiger partial charge in [-0.25, -0.2) is 9.67 Å². The Bertz CT molecular complexity index is 1470. The number of rotatable bonds is 4. The summed E-state index contributed by atoms with van der Waals surface area (Å²) >= 11 is 1.68. The van der Waals surface area contributed by atoms with Crippen LogP contribution in [0, 0.1) is 0 Å². The third kappa shape index (κ3) is 3.35. The minimum Gasteiger partial charge on any atom is -0.454 e. The summed E-state index contributed by atoms with van der Waals surface area (Å²) in [4.78, 5) is 4.71. The molecule has 6 aromatic rings. The predicted octanol–water partition coefficient (Wildman–Crippen LogP) is 7.07. The van der Waals surface area contributed by atoms with Crippen molar-refractivity contribution in [3.63, 3.8) is 0 Å². The Balaban J connectivity index is 1.46. The van der Waals surface area contributed by atoms with Crippen LogP contribution in [0.1, 0.15) is 10.6 Å². The number of furan rings is 1. The minimum absolute atomic E-state index is 0.750. The summed E-state index contributed by atoms with van der Waals surface area (Å²) in [5.74, 6) is 0.750. The molecule has 31 heavy (non-hydrogen) atoms. The monoisotopic (exact) mass is 419 g/mol.